The predicted octanol–water partition coefficient (Wildman–Crippen LogP) is 2.23. The second kappa shape index (κ2) is 7.34. The van der Waals surface area contributed by atoms with E-state index in [1.807, 2.05) is 0 Å². The van der Waals surface area contributed by atoms with E-state index in [2.05, 4.69) is 5.32 Å². The Morgan fingerprint density at radius 2 is 1.65 bits per heavy atom. The molecule has 100 valence electrons. The molecule has 0 saturated heterocycles. The third-order valence-electron chi connectivity index (χ3n) is 4.07. The molecule has 0 spiro atoms. The number of nitrogens with one attached hydrogen (secondary N) is 1. The van der Waals surface area contributed by atoms with Gasteiger partial charge in [-0.3, -0.25) is 0 Å². The zero-order valence-corrected chi connectivity index (χ0v) is 10.9. The van der Waals surface area contributed by atoms with Crippen molar-refractivity contribution in [2.75, 3.05) is 13.2 Å². The SMILES string of the molecule is O[C@@H](CNC1CCCCC1)COC1CCCC1. The molecule has 2 fully saturated rings. The van der Waals surface area contributed by atoms with Crippen LogP contribution in [0.4, 0.5) is 0 Å². The van der Waals surface area contributed by atoms with Gasteiger partial charge in [-0.1, -0.05) is 32.1 Å². The highest BCUT2D eigenvalue weighted by molar-refractivity contribution is 4.74. The Labute approximate surface area is 105 Å². The van der Waals surface area contributed by atoms with Crippen LogP contribution < -0.4 is 5.32 Å². The van der Waals surface area contributed by atoms with Crippen LogP contribution in [0, 0.1) is 0 Å². The fourth-order valence-electron chi connectivity index (χ4n) is 2.97. The number of hydrogen-bond acceptors (Lipinski definition) is 3. The van der Waals surface area contributed by atoms with Gasteiger partial charge in [-0.25, -0.2) is 0 Å². The Morgan fingerprint density at radius 3 is 2.35 bits per heavy atom. The maximum atomic E-state index is 9.85. The van der Waals surface area contributed by atoms with Crippen molar-refractivity contribution in [3.05, 3.63) is 0 Å². The summed E-state index contributed by atoms with van der Waals surface area (Å²) in [7, 11) is 0. The van der Waals surface area contributed by atoms with Crippen molar-refractivity contribution in [1.82, 2.24) is 5.32 Å². The number of ether oxygens (including phenoxy) is 1. The number of hydrogen-bond donors (Lipinski definition) is 2. The molecule has 0 aromatic rings. The van der Waals surface area contributed by atoms with E-state index < -0.39 is 0 Å². The lowest BCUT2D eigenvalue weighted by molar-refractivity contribution is -0.00656. The maximum Gasteiger partial charge on any atom is 0.0897 e. The summed E-state index contributed by atoms with van der Waals surface area (Å²) in [6.07, 6.45) is 11.6. The first kappa shape index (κ1) is 13.3. The minimum atomic E-state index is -0.336. The number of aliphatic hydroxyl groups is 1. The highest BCUT2D eigenvalue weighted by atomic mass is 16.5. The maximum absolute atomic E-state index is 9.85. The lowest BCUT2D eigenvalue weighted by Crippen LogP contribution is -2.38. The summed E-state index contributed by atoms with van der Waals surface area (Å²) in [5, 5.41) is 13.3. The topological polar surface area (TPSA) is 41.5 Å². The normalized spacial score (nSPS) is 25.2. The van der Waals surface area contributed by atoms with Gasteiger partial charge in [0.2, 0.25) is 0 Å². The smallest absolute Gasteiger partial charge is 0.0897 e. The van der Waals surface area contributed by atoms with E-state index in [1.54, 1.807) is 0 Å². The molecular formula is C14H27NO2. The van der Waals surface area contributed by atoms with E-state index in [-0.39, 0.29) is 6.10 Å². The Hall–Kier alpha value is -0.120. The molecule has 2 N–H and O–H groups in total. The molecule has 0 aliphatic heterocycles. The van der Waals surface area contributed by atoms with Gasteiger partial charge in [0, 0.05) is 12.6 Å². The highest BCUT2D eigenvalue weighted by Gasteiger charge is 2.18. The molecule has 2 saturated carbocycles. The van der Waals surface area contributed by atoms with E-state index in [0.29, 0.717) is 25.3 Å². The molecule has 3 heteroatoms. The third-order valence-corrected chi connectivity index (χ3v) is 4.07. The van der Waals surface area contributed by atoms with E-state index in [0.717, 1.165) is 0 Å². The van der Waals surface area contributed by atoms with Crippen LogP contribution in [-0.2, 0) is 4.74 Å². The Balaban J connectivity index is 1.52. The van der Waals surface area contributed by atoms with Crippen molar-refractivity contribution >= 4 is 0 Å². The van der Waals surface area contributed by atoms with Crippen molar-refractivity contribution < 1.29 is 9.84 Å². The molecule has 0 aromatic heterocycles. The molecular weight excluding hydrogens is 214 g/mol. The predicted molar refractivity (Wildman–Crippen MR) is 69.1 cm³/mol. The summed E-state index contributed by atoms with van der Waals surface area (Å²) in [5.74, 6) is 0. The van der Waals surface area contributed by atoms with Crippen LogP contribution in [-0.4, -0.2) is 36.5 Å². The van der Waals surface area contributed by atoms with Crippen LogP contribution in [0.2, 0.25) is 0 Å². The van der Waals surface area contributed by atoms with Crippen LogP contribution in [0.3, 0.4) is 0 Å². The summed E-state index contributed by atoms with van der Waals surface area (Å²) < 4.78 is 5.71. The van der Waals surface area contributed by atoms with Gasteiger partial charge in [0.05, 0.1) is 18.8 Å². The molecule has 0 aromatic carbocycles. The van der Waals surface area contributed by atoms with Gasteiger partial charge in [-0.15, -0.1) is 0 Å². The van der Waals surface area contributed by atoms with E-state index in [1.165, 1.54) is 57.8 Å². The Kier molecular flexibility index (Phi) is 5.75. The second-order valence-corrected chi connectivity index (χ2v) is 5.64. The molecule has 0 unspecified atom stereocenters. The molecule has 1 atom stereocenters. The van der Waals surface area contributed by atoms with Crippen molar-refractivity contribution in [3.8, 4) is 0 Å². The summed E-state index contributed by atoms with van der Waals surface area (Å²) in [5.41, 5.74) is 0. The van der Waals surface area contributed by atoms with Gasteiger partial charge in [-0.05, 0) is 25.7 Å². The lowest BCUT2D eigenvalue weighted by atomic mass is 9.95. The first-order chi connectivity index (χ1) is 8.34. The fraction of sp³-hybridized carbons (Fsp3) is 1.00. The standard InChI is InChI=1S/C14H27NO2/c16-13(11-17-14-8-4-5-9-14)10-15-12-6-2-1-3-7-12/h12-16H,1-11H2/t13-/m0/s1. The monoisotopic (exact) mass is 241 g/mol. The summed E-state index contributed by atoms with van der Waals surface area (Å²) in [4.78, 5) is 0. The van der Waals surface area contributed by atoms with Crippen LogP contribution in [0.5, 0.6) is 0 Å². The zero-order chi connectivity index (χ0) is 11.9. The molecule has 0 bridgehead atoms. The molecule has 0 amide bonds. The Bertz CT molecular complexity index is 198. The highest BCUT2D eigenvalue weighted by Crippen LogP contribution is 2.21. The van der Waals surface area contributed by atoms with Gasteiger partial charge in [0.25, 0.3) is 0 Å². The third kappa shape index (κ3) is 4.94. The van der Waals surface area contributed by atoms with Crippen LogP contribution in [0.15, 0.2) is 0 Å². The van der Waals surface area contributed by atoms with Crippen LogP contribution in [0.25, 0.3) is 0 Å². The summed E-state index contributed by atoms with van der Waals surface area (Å²) in [6.45, 7) is 1.20. The van der Waals surface area contributed by atoms with E-state index in [9.17, 15) is 5.11 Å². The van der Waals surface area contributed by atoms with Crippen molar-refractivity contribution in [2.45, 2.75) is 76.0 Å². The van der Waals surface area contributed by atoms with Crippen molar-refractivity contribution in [1.29, 1.82) is 0 Å². The first-order valence-corrected chi connectivity index (χ1v) is 7.37. The van der Waals surface area contributed by atoms with Crippen LogP contribution >= 0.6 is 0 Å². The molecule has 2 rings (SSSR count). The van der Waals surface area contributed by atoms with Gasteiger partial charge < -0.3 is 15.2 Å². The minimum absolute atomic E-state index is 0.336. The summed E-state index contributed by atoms with van der Waals surface area (Å²) >= 11 is 0. The molecule has 2 aliphatic carbocycles. The number of aliphatic hydroxyl groups excluding tert-OH is 1. The van der Waals surface area contributed by atoms with E-state index >= 15 is 0 Å². The zero-order valence-electron chi connectivity index (χ0n) is 10.9. The van der Waals surface area contributed by atoms with Crippen molar-refractivity contribution in [3.63, 3.8) is 0 Å². The van der Waals surface area contributed by atoms with Crippen molar-refractivity contribution in [2.24, 2.45) is 0 Å². The molecule has 2 aliphatic rings. The average molecular weight is 241 g/mol. The van der Waals surface area contributed by atoms with Gasteiger partial charge in [0.1, 0.15) is 0 Å². The quantitative estimate of drug-likeness (QED) is 0.749. The molecule has 3 nitrogen and oxygen atoms in total. The molecule has 0 heterocycles. The van der Waals surface area contributed by atoms with E-state index in [4.69, 9.17) is 4.74 Å². The molecule has 17 heavy (non-hydrogen) atoms. The Morgan fingerprint density at radius 1 is 1.00 bits per heavy atom. The average Bonchev–Trinajstić information content (AvgIpc) is 2.88. The largest absolute Gasteiger partial charge is 0.389 e. The van der Waals surface area contributed by atoms with Gasteiger partial charge >= 0.3 is 0 Å². The van der Waals surface area contributed by atoms with Crippen LogP contribution in [0.1, 0.15) is 57.8 Å². The minimum Gasteiger partial charge on any atom is -0.389 e. The second-order valence-electron chi connectivity index (χ2n) is 5.64. The fourth-order valence-corrected chi connectivity index (χ4v) is 2.97. The molecule has 0 radical (unpaired) electrons. The number of rotatable bonds is 6. The van der Waals surface area contributed by atoms with Gasteiger partial charge in [-0.2, -0.15) is 0 Å². The first-order valence-electron chi connectivity index (χ1n) is 7.37. The summed E-state index contributed by atoms with van der Waals surface area (Å²) in [6, 6.07) is 0.630. The lowest BCUT2D eigenvalue weighted by Gasteiger charge is -2.24. The van der Waals surface area contributed by atoms with Gasteiger partial charge in [0.15, 0.2) is 0 Å².